The molecule has 362 valence electrons. The molecule has 0 aliphatic carbocycles. The number of methoxy groups -OCH3 is 1. The van der Waals surface area contributed by atoms with Gasteiger partial charge in [-0.3, -0.25) is 9.20 Å². The minimum Gasteiger partial charge on any atom is -0.497 e. The average molecular weight is 984 g/mol. The van der Waals surface area contributed by atoms with E-state index in [1.54, 1.807) is 66.2 Å². The Morgan fingerprint density at radius 2 is 1.34 bits per heavy atom. The number of carbonyl (C=O) groups is 1. The van der Waals surface area contributed by atoms with Crippen LogP contribution in [0.4, 0.5) is 43.5 Å². The Hall–Kier alpha value is -7.73. The summed E-state index contributed by atoms with van der Waals surface area (Å²) in [5.41, 5.74) is 6.52. The number of hydrogen-bond acceptors (Lipinski definition) is 10. The molecule has 9 rings (SSSR count). The number of fused-ring (bicyclic) bond motifs is 2. The van der Waals surface area contributed by atoms with Crippen LogP contribution in [-0.4, -0.2) is 58.2 Å². The Balaban J connectivity index is 0.000000193. The van der Waals surface area contributed by atoms with Crippen molar-refractivity contribution in [3.05, 3.63) is 167 Å². The number of aromatic nitrogens is 4. The fourth-order valence-electron chi connectivity index (χ4n) is 7.91. The summed E-state index contributed by atoms with van der Waals surface area (Å²) in [6, 6.07) is 35.6. The number of alkyl halides is 6. The third-order valence-electron chi connectivity index (χ3n) is 11.3. The summed E-state index contributed by atoms with van der Waals surface area (Å²) in [7, 11) is 1.59. The van der Waals surface area contributed by atoms with Gasteiger partial charge in [-0.2, -0.15) is 0 Å². The molecular weight excluding hydrogens is 940 g/mol. The highest BCUT2D eigenvalue weighted by Crippen LogP contribution is 2.34. The van der Waals surface area contributed by atoms with Crippen LogP contribution in [0.1, 0.15) is 53.0 Å². The Morgan fingerprint density at radius 3 is 1.96 bits per heavy atom. The van der Waals surface area contributed by atoms with Crippen molar-refractivity contribution >= 4 is 51.3 Å². The summed E-state index contributed by atoms with van der Waals surface area (Å²) in [6.07, 6.45) is -3.81. The highest BCUT2D eigenvalue weighted by molar-refractivity contribution is 6.30. The predicted octanol–water partition coefficient (Wildman–Crippen LogP) is 12.8. The van der Waals surface area contributed by atoms with Gasteiger partial charge in [-0.1, -0.05) is 42.8 Å². The molecule has 1 fully saturated rings. The first-order valence-corrected chi connectivity index (χ1v) is 22.3. The van der Waals surface area contributed by atoms with E-state index in [2.05, 4.69) is 52.1 Å². The lowest BCUT2D eigenvalue weighted by atomic mass is 9.89. The summed E-state index contributed by atoms with van der Waals surface area (Å²) >= 11 is 6.14. The number of ether oxygens (including phenoxy) is 4. The van der Waals surface area contributed by atoms with Gasteiger partial charge < -0.3 is 34.5 Å². The maximum atomic E-state index is 13.0. The highest BCUT2D eigenvalue weighted by atomic mass is 35.5. The standard InChI is InChI=1S/C29H28ClF3N4O2.C22H16F3N3O3/c1-2-25-27(37-18-22(30)7-12-26(37)35-25)28(38)34-17-19-3-8-23(9-4-19)36-15-13-21(14-16-36)20-5-10-24(11-6-20)39-29(31,32)33;1-29-18-10-11-19-20(12-18)26-13-27-21(19)28-14-2-4-15(5-3-14)30-16-6-8-17(9-7-16)31-22(23,24)25/h3-12,18,21H,2,13-17H2,1H3,(H,34,38);2-13H,1H3,(H,26,27,28). The summed E-state index contributed by atoms with van der Waals surface area (Å²) in [5.74, 6) is 1.82. The van der Waals surface area contributed by atoms with Gasteiger partial charge in [0.1, 0.15) is 52.2 Å². The number of rotatable bonds is 13. The molecule has 5 aromatic carbocycles. The second kappa shape index (κ2) is 21.3. The first-order chi connectivity index (χ1) is 33.6. The average Bonchev–Trinajstić information content (AvgIpc) is 3.72. The molecule has 1 saturated heterocycles. The third-order valence-corrected chi connectivity index (χ3v) is 11.5. The van der Waals surface area contributed by atoms with Crippen LogP contribution in [0, 0.1) is 0 Å². The van der Waals surface area contributed by atoms with Crippen molar-refractivity contribution in [1.82, 2.24) is 24.7 Å². The molecule has 1 amide bonds. The van der Waals surface area contributed by atoms with Gasteiger partial charge in [0.05, 0.1) is 23.3 Å². The molecule has 0 radical (unpaired) electrons. The van der Waals surface area contributed by atoms with Crippen LogP contribution < -0.4 is 34.5 Å². The Kier molecular flexibility index (Phi) is 14.8. The lowest BCUT2D eigenvalue weighted by molar-refractivity contribution is -0.275. The molecule has 19 heteroatoms. The highest BCUT2D eigenvalue weighted by Gasteiger charge is 2.32. The lowest BCUT2D eigenvalue weighted by Crippen LogP contribution is -2.32. The molecule has 0 atom stereocenters. The maximum Gasteiger partial charge on any atom is 0.573 e. The van der Waals surface area contributed by atoms with Crippen molar-refractivity contribution < 1.29 is 50.1 Å². The number of anilines is 3. The minimum atomic E-state index is -4.73. The first-order valence-electron chi connectivity index (χ1n) is 21.9. The van der Waals surface area contributed by atoms with E-state index >= 15 is 0 Å². The molecule has 3 aromatic heterocycles. The third kappa shape index (κ3) is 12.7. The van der Waals surface area contributed by atoms with Crippen LogP contribution in [0.5, 0.6) is 28.7 Å². The zero-order valence-electron chi connectivity index (χ0n) is 37.5. The monoisotopic (exact) mass is 983 g/mol. The van der Waals surface area contributed by atoms with E-state index in [1.165, 1.54) is 42.7 Å². The normalized spacial score (nSPS) is 13.1. The molecule has 70 heavy (non-hydrogen) atoms. The number of nitrogens with zero attached hydrogens (tertiary/aromatic N) is 5. The summed E-state index contributed by atoms with van der Waals surface area (Å²) in [6.45, 7) is 4.04. The molecule has 2 N–H and O–H groups in total. The molecule has 1 aliphatic rings. The Labute approximate surface area is 402 Å². The smallest absolute Gasteiger partial charge is 0.497 e. The molecule has 4 heterocycles. The Bertz CT molecular complexity index is 3040. The number of hydrogen-bond donors (Lipinski definition) is 2. The van der Waals surface area contributed by atoms with Crippen molar-refractivity contribution in [2.24, 2.45) is 0 Å². The summed E-state index contributed by atoms with van der Waals surface area (Å²) < 4.78 is 94.3. The van der Waals surface area contributed by atoms with E-state index in [4.69, 9.17) is 21.1 Å². The van der Waals surface area contributed by atoms with Crippen LogP contribution in [-0.2, 0) is 13.0 Å². The quantitative estimate of drug-likeness (QED) is 0.108. The zero-order valence-corrected chi connectivity index (χ0v) is 38.3. The number of halogens is 7. The fraction of sp³-hybridized carbons (Fsp3) is 0.216. The number of aryl methyl sites for hydroxylation is 1. The van der Waals surface area contributed by atoms with E-state index in [0.717, 1.165) is 65.0 Å². The van der Waals surface area contributed by atoms with Crippen LogP contribution >= 0.6 is 11.6 Å². The van der Waals surface area contributed by atoms with Gasteiger partial charge in [-0.05, 0) is 133 Å². The lowest BCUT2D eigenvalue weighted by Gasteiger charge is -2.34. The molecule has 0 spiro atoms. The van der Waals surface area contributed by atoms with Gasteiger partial charge in [0.15, 0.2) is 0 Å². The molecule has 0 bridgehead atoms. The topological polar surface area (TPSA) is 124 Å². The first kappa shape index (κ1) is 48.7. The van der Waals surface area contributed by atoms with Gasteiger partial charge in [0.2, 0.25) is 0 Å². The number of imidazole rings is 1. The van der Waals surface area contributed by atoms with Crippen LogP contribution in [0.15, 0.2) is 140 Å². The van der Waals surface area contributed by atoms with Gasteiger partial charge in [-0.15, -0.1) is 26.3 Å². The van der Waals surface area contributed by atoms with E-state index in [0.29, 0.717) is 52.4 Å². The molecule has 1 aliphatic heterocycles. The molecular formula is C51H44ClF6N7O5. The van der Waals surface area contributed by atoms with Crippen molar-refractivity contribution in [2.75, 3.05) is 30.4 Å². The Morgan fingerprint density at radius 1 is 0.743 bits per heavy atom. The molecule has 0 saturated carbocycles. The maximum absolute atomic E-state index is 13.0. The van der Waals surface area contributed by atoms with Crippen molar-refractivity contribution in [3.63, 3.8) is 0 Å². The predicted molar refractivity (Wildman–Crippen MR) is 254 cm³/mol. The van der Waals surface area contributed by atoms with E-state index in [9.17, 15) is 31.1 Å². The molecule has 12 nitrogen and oxygen atoms in total. The van der Waals surface area contributed by atoms with Crippen LogP contribution in [0.2, 0.25) is 5.02 Å². The summed E-state index contributed by atoms with van der Waals surface area (Å²) in [5, 5.41) is 7.60. The van der Waals surface area contributed by atoms with Gasteiger partial charge in [0, 0.05) is 48.7 Å². The number of amides is 1. The minimum absolute atomic E-state index is 0.200. The fourth-order valence-corrected chi connectivity index (χ4v) is 8.07. The number of benzene rings is 5. The molecule has 0 unspecified atom stereocenters. The van der Waals surface area contributed by atoms with Crippen molar-refractivity contribution in [2.45, 2.75) is 51.4 Å². The second-order valence-corrected chi connectivity index (χ2v) is 16.4. The van der Waals surface area contributed by atoms with Crippen LogP contribution in [0.3, 0.4) is 0 Å². The van der Waals surface area contributed by atoms with Crippen molar-refractivity contribution in [1.29, 1.82) is 0 Å². The number of piperidine rings is 1. The zero-order chi connectivity index (χ0) is 49.4. The van der Waals surface area contributed by atoms with E-state index < -0.39 is 12.7 Å². The molecule has 8 aromatic rings. The van der Waals surface area contributed by atoms with Gasteiger partial charge in [0.25, 0.3) is 5.91 Å². The number of nitrogens with one attached hydrogen (secondary N) is 2. The number of carbonyl (C=O) groups excluding carboxylic acids is 1. The SMILES string of the molecule is CCc1nc2ccc(Cl)cn2c1C(=O)NCc1ccc(N2CCC(c3ccc(OC(F)(F)F)cc3)CC2)cc1.COc1ccc2c(Nc3ccc(Oc4ccc(OC(F)(F)F)cc4)cc3)ncnc2c1. The van der Waals surface area contributed by atoms with Gasteiger partial charge >= 0.3 is 12.7 Å². The van der Waals surface area contributed by atoms with E-state index in [1.807, 2.05) is 37.3 Å². The largest absolute Gasteiger partial charge is 0.573 e. The van der Waals surface area contributed by atoms with Crippen LogP contribution in [0.25, 0.3) is 16.6 Å². The second-order valence-electron chi connectivity index (χ2n) is 15.9. The number of pyridine rings is 1. The van der Waals surface area contributed by atoms with Crippen molar-refractivity contribution in [3.8, 4) is 28.7 Å². The van der Waals surface area contributed by atoms with Gasteiger partial charge in [-0.25, -0.2) is 15.0 Å². The van der Waals surface area contributed by atoms with E-state index in [-0.39, 0.29) is 23.3 Å². The summed E-state index contributed by atoms with van der Waals surface area (Å²) in [4.78, 5) is 28.4.